The van der Waals surface area contributed by atoms with Crippen molar-refractivity contribution in [3.05, 3.63) is 192 Å². The average Bonchev–Trinajstić information content (AvgIpc) is 3.38. The van der Waals surface area contributed by atoms with E-state index in [4.69, 9.17) is 39.6 Å². The van der Waals surface area contributed by atoms with Crippen LogP contribution in [0.4, 0.5) is 11.4 Å². The van der Waals surface area contributed by atoms with Crippen LogP contribution in [0.25, 0.3) is 65.9 Å². The lowest BCUT2D eigenvalue weighted by atomic mass is 10.0. The van der Waals surface area contributed by atoms with Gasteiger partial charge in [0, 0.05) is 104 Å². The third-order valence-corrected chi connectivity index (χ3v) is 13.2. The maximum atomic E-state index is 5.77. The SMILES string of the molecule is COc1cc(OC)c2c(C)[n+](-c3ccc(-c4ccc(-[n+]5c(C)cc6cc(C)cc(OC)c6c5C)cc4)cc3)c(C)cc2c1.COc1cc(OC)c2c(C)[o+]c(C)cc2c1.Nc1ccc(-c2ccc(N)cc2)cc1. The number of pyridine rings is 2. The van der Waals surface area contributed by atoms with Crippen molar-refractivity contribution in [2.24, 2.45) is 0 Å². The van der Waals surface area contributed by atoms with Gasteiger partial charge >= 0.3 is 11.5 Å². The van der Waals surface area contributed by atoms with Crippen LogP contribution >= 0.6 is 0 Å². The first-order valence-electron chi connectivity index (χ1n) is 24.1. The zero-order valence-electron chi connectivity index (χ0n) is 43.9. The number of hydrogen-bond donors (Lipinski definition) is 2. The Balaban J connectivity index is 0.000000191. The Morgan fingerprint density at radius 3 is 1.12 bits per heavy atom. The number of methoxy groups -OCH3 is 5. The van der Waals surface area contributed by atoms with Gasteiger partial charge in [-0.05, 0) is 107 Å². The van der Waals surface area contributed by atoms with Gasteiger partial charge in [-0.25, -0.2) is 4.42 Å². The molecule has 0 radical (unpaired) electrons. The van der Waals surface area contributed by atoms with Crippen LogP contribution in [0, 0.1) is 48.5 Å². The highest BCUT2D eigenvalue weighted by molar-refractivity contribution is 5.93. The standard InChI is InChI=1S/C38H38N2O3.C13H15O3.C12H12N2/c1-23-17-30-19-24(2)39(26(4)37(30)35(18-23)42-7)32-13-9-28(10-14-32)29-11-15-33(16-12-29)40-25(3)20-31-21-34(41-6)22-36(43-8)38(31)27(40)5;1-8-5-10-6-11(14-3)7-12(15-4)13(10)9(2)16-8;13-11-5-1-9(2-6-11)10-3-7-12(14)8-4-10/h9-22H,1-8H3;5-7H,1-4H3;1-8H,13-14H2/q+2;+1;. The summed E-state index contributed by atoms with van der Waals surface area (Å²) in [5.74, 6) is 5.79. The van der Waals surface area contributed by atoms with Crippen LogP contribution in [0.2, 0.25) is 0 Å². The fourth-order valence-electron chi connectivity index (χ4n) is 9.84. The lowest BCUT2D eigenvalue weighted by Gasteiger charge is -2.13. The summed E-state index contributed by atoms with van der Waals surface area (Å²) < 4.78 is 37.8. The van der Waals surface area contributed by atoms with Gasteiger partial charge in [-0.15, -0.1) is 0 Å². The Bertz CT molecular complexity index is 3570. The van der Waals surface area contributed by atoms with Gasteiger partial charge < -0.3 is 35.2 Å². The molecule has 0 amide bonds. The molecule has 10 aromatic rings. The van der Waals surface area contributed by atoms with Crippen LogP contribution in [0.5, 0.6) is 28.7 Å². The first-order chi connectivity index (χ1) is 35.1. The number of anilines is 2. The van der Waals surface area contributed by atoms with E-state index in [0.29, 0.717) is 0 Å². The number of aryl methyl sites for hydroxylation is 7. The number of ether oxygens (including phenoxy) is 5. The molecule has 10 heteroatoms. The molecule has 7 aromatic carbocycles. The maximum absolute atomic E-state index is 5.77. The van der Waals surface area contributed by atoms with Crippen molar-refractivity contribution in [1.82, 2.24) is 0 Å². The molecule has 10 nitrogen and oxygen atoms in total. The maximum Gasteiger partial charge on any atom is 0.337 e. The van der Waals surface area contributed by atoms with Crippen molar-refractivity contribution in [1.29, 1.82) is 0 Å². The summed E-state index contributed by atoms with van der Waals surface area (Å²) in [4.78, 5) is 0. The molecule has 0 aliphatic heterocycles. The Morgan fingerprint density at radius 1 is 0.370 bits per heavy atom. The molecule has 370 valence electrons. The predicted molar refractivity (Wildman–Crippen MR) is 297 cm³/mol. The number of hydrogen-bond acceptors (Lipinski definition) is 7. The van der Waals surface area contributed by atoms with Gasteiger partial charge in [-0.1, -0.05) is 30.3 Å². The Kier molecular flexibility index (Phi) is 15.1. The van der Waals surface area contributed by atoms with E-state index in [1.54, 1.807) is 35.5 Å². The lowest BCUT2D eigenvalue weighted by Crippen LogP contribution is -2.38. The van der Waals surface area contributed by atoms with E-state index in [2.05, 4.69) is 123 Å². The van der Waals surface area contributed by atoms with Crippen molar-refractivity contribution in [2.45, 2.75) is 48.5 Å². The molecule has 0 saturated heterocycles. The van der Waals surface area contributed by atoms with Crippen LogP contribution in [0.3, 0.4) is 0 Å². The number of benzene rings is 7. The lowest BCUT2D eigenvalue weighted by molar-refractivity contribution is -0.608. The van der Waals surface area contributed by atoms with E-state index in [-0.39, 0.29) is 0 Å². The van der Waals surface area contributed by atoms with Gasteiger partial charge in [0.15, 0.2) is 22.8 Å². The minimum absolute atomic E-state index is 0.774. The Morgan fingerprint density at radius 2 is 0.726 bits per heavy atom. The highest BCUT2D eigenvalue weighted by Crippen LogP contribution is 2.36. The summed E-state index contributed by atoms with van der Waals surface area (Å²) in [6.45, 7) is 14.6. The van der Waals surface area contributed by atoms with Crippen LogP contribution in [0.15, 0.2) is 156 Å². The van der Waals surface area contributed by atoms with E-state index < -0.39 is 0 Å². The fraction of sp³-hybridized carbons (Fsp3) is 0.190. The number of rotatable bonds is 9. The van der Waals surface area contributed by atoms with Crippen molar-refractivity contribution in [3.63, 3.8) is 0 Å². The molecule has 73 heavy (non-hydrogen) atoms. The minimum Gasteiger partial charge on any atom is -0.497 e. The topological polar surface area (TPSA) is 117 Å². The van der Waals surface area contributed by atoms with Gasteiger partial charge in [0.25, 0.3) is 0 Å². The summed E-state index contributed by atoms with van der Waals surface area (Å²) in [6, 6.07) is 51.7. The Labute approximate surface area is 428 Å². The van der Waals surface area contributed by atoms with Gasteiger partial charge in [0.2, 0.25) is 11.4 Å². The molecular weight excluding hydrogens is 909 g/mol. The van der Waals surface area contributed by atoms with E-state index in [0.717, 1.165) is 118 Å². The number of nitrogen functional groups attached to an aromatic ring is 2. The summed E-state index contributed by atoms with van der Waals surface area (Å²) in [7, 11) is 8.42. The number of nitrogens with zero attached hydrogens (tertiary/aromatic N) is 2. The summed E-state index contributed by atoms with van der Waals surface area (Å²) >= 11 is 0. The van der Waals surface area contributed by atoms with Crippen molar-refractivity contribution in [3.8, 4) is 62.4 Å². The monoisotopic (exact) mass is 973 g/mol. The van der Waals surface area contributed by atoms with E-state index in [9.17, 15) is 0 Å². The predicted octanol–water partition coefficient (Wildman–Crippen LogP) is 13.6. The van der Waals surface area contributed by atoms with Gasteiger partial charge in [-0.3, -0.25) is 0 Å². The van der Waals surface area contributed by atoms with Crippen molar-refractivity contribution in [2.75, 3.05) is 47.0 Å². The third kappa shape index (κ3) is 10.7. The highest BCUT2D eigenvalue weighted by atomic mass is 16.5. The molecule has 0 aliphatic rings. The summed E-state index contributed by atoms with van der Waals surface area (Å²) in [6.07, 6.45) is 0. The van der Waals surface area contributed by atoms with Gasteiger partial charge in [0.1, 0.15) is 34.1 Å². The average molecular weight is 974 g/mol. The molecular formula is C63H65N4O6+3. The normalized spacial score (nSPS) is 10.8. The summed E-state index contributed by atoms with van der Waals surface area (Å²) in [5, 5.41) is 6.59. The number of nitrogens with two attached hydrogens (primary N) is 2. The highest BCUT2D eigenvalue weighted by Gasteiger charge is 2.24. The molecule has 0 atom stereocenters. The van der Waals surface area contributed by atoms with Crippen LogP contribution in [-0.2, 0) is 0 Å². The quantitative estimate of drug-likeness (QED) is 0.0834. The van der Waals surface area contributed by atoms with Gasteiger partial charge in [-0.2, -0.15) is 9.13 Å². The molecule has 0 saturated carbocycles. The molecule has 0 fully saturated rings. The molecule has 0 unspecified atom stereocenters. The van der Waals surface area contributed by atoms with E-state index in [1.807, 2.05) is 86.6 Å². The molecule has 3 aromatic heterocycles. The smallest absolute Gasteiger partial charge is 0.337 e. The van der Waals surface area contributed by atoms with Crippen LogP contribution < -0.4 is 44.3 Å². The van der Waals surface area contributed by atoms with E-state index >= 15 is 0 Å². The number of fused-ring (bicyclic) bond motifs is 3. The molecule has 0 aliphatic carbocycles. The van der Waals surface area contributed by atoms with E-state index in [1.165, 1.54) is 27.8 Å². The zero-order valence-corrected chi connectivity index (χ0v) is 43.9. The second-order valence-corrected chi connectivity index (χ2v) is 18.2. The van der Waals surface area contributed by atoms with Gasteiger partial charge in [0.05, 0.1) is 60.2 Å². The summed E-state index contributed by atoms with van der Waals surface area (Å²) in [5.41, 5.74) is 25.5. The largest absolute Gasteiger partial charge is 0.497 e. The minimum atomic E-state index is 0.774. The molecule has 10 rings (SSSR count). The van der Waals surface area contributed by atoms with Crippen LogP contribution in [0.1, 0.15) is 39.9 Å². The second kappa shape index (κ2) is 21.8. The fourth-order valence-corrected chi connectivity index (χ4v) is 9.84. The molecule has 4 N–H and O–H groups in total. The molecule has 0 bridgehead atoms. The molecule has 0 spiro atoms. The van der Waals surface area contributed by atoms with Crippen LogP contribution in [-0.4, -0.2) is 35.5 Å². The second-order valence-electron chi connectivity index (χ2n) is 18.2. The first kappa shape index (κ1) is 50.7. The Hall–Kier alpha value is -8.63. The number of aromatic nitrogens is 2. The van der Waals surface area contributed by atoms with Crippen molar-refractivity contribution < 1.29 is 37.2 Å². The first-order valence-corrected chi connectivity index (χ1v) is 24.1. The molecule has 3 heterocycles. The zero-order chi connectivity index (χ0) is 52.1. The van der Waals surface area contributed by atoms with Crippen molar-refractivity contribution >= 4 is 43.7 Å². The third-order valence-electron chi connectivity index (χ3n) is 13.2.